The molecule has 146 valence electrons. The van der Waals surface area contributed by atoms with Gasteiger partial charge in [0, 0.05) is 19.4 Å². The normalized spacial score (nSPS) is 13.0. The minimum atomic E-state index is -0.848. The Labute approximate surface area is 172 Å². The quantitative estimate of drug-likeness (QED) is 0.635. The number of hydrogen-bond donors (Lipinski definition) is 1. The highest BCUT2D eigenvalue weighted by molar-refractivity contribution is 6.42. The number of rotatable bonds is 6. The number of imidazole rings is 1. The van der Waals surface area contributed by atoms with E-state index in [1.807, 2.05) is 7.05 Å². The van der Waals surface area contributed by atoms with E-state index in [9.17, 15) is 9.18 Å². The topological polar surface area (TPSA) is 56.1 Å². The molecule has 0 aliphatic rings. The molecule has 1 amide bonds. The first-order valence-electron chi connectivity index (χ1n) is 8.50. The molecular weight excluding hydrogens is 404 g/mol. The van der Waals surface area contributed by atoms with Crippen molar-refractivity contribution in [3.63, 3.8) is 0 Å². The third-order valence-electron chi connectivity index (χ3n) is 4.20. The number of hydrogen-bond acceptors (Lipinski definition) is 3. The first kappa shape index (κ1) is 20.2. The maximum absolute atomic E-state index is 13.3. The molecule has 0 spiro atoms. The summed E-state index contributed by atoms with van der Waals surface area (Å²) in [5.74, 6) is 0.175. The SMILES string of the molecule is CC(Oc1cccc(Cl)c1Cl)C(=O)NC(c1ccc(F)cc1)c1nccn1C. The van der Waals surface area contributed by atoms with Crippen molar-refractivity contribution in [2.45, 2.75) is 19.1 Å². The predicted molar refractivity (Wildman–Crippen MR) is 106 cm³/mol. The number of halogens is 3. The predicted octanol–water partition coefficient (Wildman–Crippen LogP) is 4.54. The second-order valence-electron chi connectivity index (χ2n) is 6.20. The zero-order valence-corrected chi connectivity index (χ0v) is 16.7. The summed E-state index contributed by atoms with van der Waals surface area (Å²) in [6.45, 7) is 1.60. The number of carbonyl (C=O) groups excluding carboxylic acids is 1. The molecule has 5 nitrogen and oxygen atoms in total. The van der Waals surface area contributed by atoms with Crippen LogP contribution in [-0.4, -0.2) is 21.6 Å². The van der Waals surface area contributed by atoms with Gasteiger partial charge in [0.25, 0.3) is 5.91 Å². The summed E-state index contributed by atoms with van der Waals surface area (Å²) in [6, 6.07) is 10.3. The van der Waals surface area contributed by atoms with Crippen molar-refractivity contribution in [3.8, 4) is 5.75 Å². The maximum atomic E-state index is 13.3. The third kappa shape index (κ3) is 4.46. The largest absolute Gasteiger partial charge is 0.479 e. The lowest BCUT2D eigenvalue weighted by atomic mass is 10.1. The number of aromatic nitrogens is 2. The molecule has 2 atom stereocenters. The van der Waals surface area contributed by atoms with E-state index in [0.29, 0.717) is 22.2 Å². The molecular formula is C20H18Cl2FN3O2. The lowest BCUT2D eigenvalue weighted by molar-refractivity contribution is -0.127. The highest BCUT2D eigenvalue weighted by atomic mass is 35.5. The van der Waals surface area contributed by atoms with Gasteiger partial charge >= 0.3 is 0 Å². The van der Waals surface area contributed by atoms with Crippen molar-refractivity contribution < 1.29 is 13.9 Å². The summed E-state index contributed by atoms with van der Waals surface area (Å²) >= 11 is 12.1. The van der Waals surface area contributed by atoms with E-state index in [1.165, 1.54) is 12.1 Å². The van der Waals surface area contributed by atoms with Gasteiger partial charge in [-0.05, 0) is 36.8 Å². The van der Waals surface area contributed by atoms with Crippen LogP contribution in [0.4, 0.5) is 4.39 Å². The summed E-state index contributed by atoms with van der Waals surface area (Å²) in [6.07, 6.45) is 2.55. The molecule has 1 N–H and O–H groups in total. The second kappa shape index (κ2) is 8.63. The first-order chi connectivity index (χ1) is 13.4. The first-order valence-corrected chi connectivity index (χ1v) is 9.26. The van der Waals surface area contributed by atoms with Crippen LogP contribution < -0.4 is 10.1 Å². The Bertz CT molecular complexity index is 976. The summed E-state index contributed by atoms with van der Waals surface area (Å²) in [4.78, 5) is 17.1. The van der Waals surface area contributed by atoms with E-state index in [1.54, 1.807) is 54.2 Å². The fourth-order valence-electron chi connectivity index (χ4n) is 2.69. The van der Waals surface area contributed by atoms with Crippen molar-refractivity contribution in [3.05, 3.63) is 82.1 Å². The van der Waals surface area contributed by atoms with Gasteiger partial charge in [-0.15, -0.1) is 0 Å². The highest BCUT2D eigenvalue weighted by Crippen LogP contribution is 2.32. The van der Waals surface area contributed by atoms with Gasteiger partial charge in [-0.25, -0.2) is 9.37 Å². The van der Waals surface area contributed by atoms with Crippen molar-refractivity contribution in [2.24, 2.45) is 7.05 Å². The van der Waals surface area contributed by atoms with Crippen molar-refractivity contribution in [1.82, 2.24) is 14.9 Å². The lowest BCUT2D eigenvalue weighted by Gasteiger charge is -2.22. The van der Waals surface area contributed by atoms with E-state index in [4.69, 9.17) is 27.9 Å². The van der Waals surface area contributed by atoms with Crippen LogP contribution in [0.5, 0.6) is 5.75 Å². The van der Waals surface area contributed by atoms with Gasteiger partial charge in [0.2, 0.25) is 0 Å². The molecule has 0 bridgehead atoms. The molecule has 3 aromatic rings. The van der Waals surface area contributed by atoms with Crippen LogP contribution in [-0.2, 0) is 11.8 Å². The van der Waals surface area contributed by atoms with Crippen LogP contribution in [0, 0.1) is 5.82 Å². The maximum Gasteiger partial charge on any atom is 0.261 e. The fourth-order valence-corrected chi connectivity index (χ4v) is 3.02. The molecule has 0 aliphatic heterocycles. The van der Waals surface area contributed by atoms with Crippen molar-refractivity contribution in [2.75, 3.05) is 0 Å². The van der Waals surface area contributed by atoms with Gasteiger partial charge in [-0.1, -0.05) is 41.4 Å². The molecule has 2 unspecified atom stereocenters. The van der Waals surface area contributed by atoms with Crippen LogP contribution in [0.1, 0.15) is 24.4 Å². The number of ether oxygens (including phenoxy) is 1. The van der Waals surface area contributed by atoms with Gasteiger partial charge in [0.1, 0.15) is 28.5 Å². The molecule has 2 aromatic carbocycles. The molecule has 0 fully saturated rings. The summed E-state index contributed by atoms with van der Waals surface area (Å²) in [5, 5.41) is 3.48. The molecule has 1 aromatic heterocycles. The van der Waals surface area contributed by atoms with Crippen LogP contribution in [0.2, 0.25) is 10.0 Å². The number of aryl methyl sites for hydroxylation is 1. The average Bonchev–Trinajstić information content (AvgIpc) is 3.09. The van der Waals surface area contributed by atoms with E-state index in [0.717, 1.165) is 0 Å². The van der Waals surface area contributed by atoms with E-state index < -0.39 is 12.1 Å². The summed E-state index contributed by atoms with van der Waals surface area (Å²) in [7, 11) is 1.82. The van der Waals surface area contributed by atoms with Crippen molar-refractivity contribution in [1.29, 1.82) is 0 Å². The average molecular weight is 422 g/mol. The molecule has 0 radical (unpaired) electrons. The Hall–Kier alpha value is -2.57. The Kier molecular flexibility index (Phi) is 6.21. The van der Waals surface area contributed by atoms with Crippen LogP contribution >= 0.6 is 23.2 Å². The second-order valence-corrected chi connectivity index (χ2v) is 6.99. The lowest BCUT2D eigenvalue weighted by Crippen LogP contribution is -2.39. The zero-order valence-electron chi connectivity index (χ0n) is 15.2. The number of nitrogens with zero attached hydrogens (tertiary/aromatic N) is 2. The minimum Gasteiger partial charge on any atom is -0.479 e. The number of benzene rings is 2. The van der Waals surface area contributed by atoms with Gasteiger partial charge in [-0.2, -0.15) is 0 Å². The summed E-state index contributed by atoms with van der Waals surface area (Å²) < 4.78 is 20.8. The van der Waals surface area contributed by atoms with Gasteiger partial charge in [-0.3, -0.25) is 4.79 Å². The number of nitrogens with one attached hydrogen (secondary N) is 1. The monoisotopic (exact) mass is 421 g/mol. The molecule has 1 heterocycles. The third-order valence-corrected chi connectivity index (χ3v) is 5.00. The number of amides is 1. The molecule has 28 heavy (non-hydrogen) atoms. The van der Waals surface area contributed by atoms with Crippen molar-refractivity contribution >= 4 is 29.1 Å². The smallest absolute Gasteiger partial charge is 0.261 e. The highest BCUT2D eigenvalue weighted by Gasteiger charge is 2.25. The Morgan fingerprint density at radius 2 is 1.93 bits per heavy atom. The molecule has 0 aliphatic carbocycles. The van der Waals surface area contributed by atoms with Crippen LogP contribution in [0.15, 0.2) is 54.9 Å². The zero-order chi connectivity index (χ0) is 20.3. The number of carbonyl (C=O) groups is 1. The van der Waals surface area contributed by atoms with E-state index >= 15 is 0 Å². The van der Waals surface area contributed by atoms with E-state index in [-0.39, 0.29) is 16.7 Å². The fraction of sp³-hybridized carbons (Fsp3) is 0.200. The van der Waals surface area contributed by atoms with E-state index in [2.05, 4.69) is 10.3 Å². The van der Waals surface area contributed by atoms with Gasteiger partial charge in [0.05, 0.1) is 5.02 Å². The Morgan fingerprint density at radius 1 is 1.21 bits per heavy atom. The van der Waals surface area contributed by atoms with Gasteiger partial charge < -0.3 is 14.6 Å². The molecule has 0 saturated carbocycles. The standard InChI is InChI=1S/C20H18Cl2FN3O2/c1-12(28-16-5-3-4-15(21)17(16)22)20(27)25-18(19-24-10-11-26(19)2)13-6-8-14(23)9-7-13/h3-12,18H,1-2H3,(H,25,27). The Balaban J connectivity index is 1.82. The summed E-state index contributed by atoms with van der Waals surface area (Å²) in [5.41, 5.74) is 0.692. The molecule has 0 saturated heterocycles. The minimum absolute atomic E-state index is 0.239. The van der Waals surface area contributed by atoms with Crippen LogP contribution in [0.3, 0.4) is 0 Å². The van der Waals surface area contributed by atoms with Gasteiger partial charge in [0.15, 0.2) is 6.10 Å². The molecule has 8 heteroatoms. The Morgan fingerprint density at radius 3 is 2.57 bits per heavy atom. The van der Waals surface area contributed by atoms with Crippen LogP contribution in [0.25, 0.3) is 0 Å². The molecule has 3 rings (SSSR count).